The Morgan fingerprint density at radius 2 is 2.19 bits per heavy atom. The van der Waals surface area contributed by atoms with E-state index in [1.54, 1.807) is 6.92 Å². The van der Waals surface area contributed by atoms with Crippen LogP contribution in [0.2, 0.25) is 5.02 Å². The fraction of sp³-hybridized carbons (Fsp3) is 0.300. The highest BCUT2D eigenvalue weighted by atomic mass is 35.5. The maximum atomic E-state index is 11.5. The first-order valence-electron chi connectivity index (χ1n) is 4.59. The normalized spacial score (nSPS) is 9.94. The predicted molar refractivity (Wildman–Crippen MR) is 58.8 cm³/mol. The lowest BCUT2D eigenvalue weighted by Crippen LogP contribution is -2.09. The summed E-state index contributed by atoms with van der Waals surface area (Å²) in [6, 6.07) is 2.67. The van der Waals surface area contributed by atoms with Gasteiger partial charge in [-0.3, -0.25) is 10.1 Å². The topological polar surface area (TPSA) is 69.4 Å². The fourth-order valence-electron chi connectivity index (χ4n) is 1.34. The molecule has 0 saturated carbocycles. The van der Waals surface area contributed by atoms with Gasteiger partial charge in [0.15, 0.2) is 0 Å². The van der Waals surface area contributed by atoms with Gasteiger partial charge in [-0.05, 0) is 26.0 Å². The van der Waals surface area contributed by atoms with Crippen molar-refractivity contribution in [3.05, 3.63) is 38.4 Å². The number of esters is 1. The average Bonchev–Trinajstić information content (AvgIpc) is 2.15. The van der Waals surface area contributed by atoms with E-state index in [1.807, 2.05) is 0 Å². The van der Waals surface area contributed by atoms with Crippen LogP contribution in [0.15, 0.2) is 12.1 Å². The van der Waals surface area contributed by atoms with Crippen molar-refractivity contribution >= 4 is 23.3 Å². The molecular formula is C10H10ClNO4. The van der Waals surface area contributed by atoms with Gasteiger partial charge in [-0.25, -0.2) is 4.79 Å². The Balaban J connectivity index is 3.35. The van der Waals surface area contributed by atoms with Gasteiger partial charge in [-0.1, -0.05) is 11.6 Å². The molecule has 0 aliphatic carbocycles. The second-order valence-corrected chi connectivity index (χ2v) is 3.53. The third kappa shape index (κ3) is 2.49. The van der Waals surface area contributed by atoms with E-state index < -0.39 is 10.9 Å². The maximum absolute atomic E-state index is 11.5. The number of nitrogens with zero attached hydrogens (tertiary/aromatic N) is 1. The Morgan fingerprint density at radius 1 is 1.56 bits per heavy atom. The zero-order valence-electron chi connectivity index (χ0n) is 8.82. The number of nitro groups is 1. The van der Waals surface area contributed by atoms with Crippen LogP contribution in [-0.4, -0.2) is 17.5 Å². The molecule has 86 valence electrons. The molecule has 0 heterocycles. The van der Waals surface area contributed by atoms with E-state index in [9.17, 15) is 14.9 Å². The highest BCUT2D eigenvalue weighted by Gasteiger charge is 2.24. The minimum Gasteiger partial charge on any atom is -0.462 e. The number of carbonyl (C=O) groups is 1. The number of rotatable bonds is 3. The Kier molecular flexibility index (Phi) is 3.84. The zero-order valence-corrected chi connectivity index (χ0v) is 9.58. The van der Waals surface area contributed by atoms with Crippen molar-refractivity contribution in [3.8, 4) is 0 Å². The molecule has 16 heavy (non-hydrogen) atoms. The smallest absolute Gasteiger partial charge is 0.345 e. The first-order valence-corrected chi connectivity index (χ1v) is 4.96. The van der Waals surface area contributed by atoms with Gasteiger partial charge in [0.05, 0.1) is 11.5 Å². The number of aryl methyl sites for hydroxylation is 1. The summed E-state index contributed by atoms with van der Waals surface area (Å²) >= 11 is 5.74. The van der Waals surface area contributed by atoms with Crippen molar-refractivity contribution < 1.29 is 14.5 Å². The van der Waals surface area contributed by atoms with Crippen LogP contribution in [0.4, 0.5) is 5.69 Å². The first-order chi connectivity index (χ1) is 7.47. The summed E-state index contributed by atoms with van der Waals surface area (Å²) in [5, 5.41) is 11.1. The third-order valence-corrected chi connectivity index (χ3v) is 2.16. The molecule has 1 aromatic rings. The van der Waals surface area contributed by atoms with E-state index in [0.717, 1.165) is 0 Å². The van der Waals surface area contributed by atoms with Crippen molar-refractivity contribution in [2.75, 3.05) is 6.61 Å². The monoisotopic (exact) mass is 243 g/mol. The third-order valence-electron chi connectivity index (χ3n) is 1.94. The number of hydrogen-bond acceptors (Lipinski definition) is 4. The van der Waals surface area contributed by atoms with E-state index in [2.05, 4.69) is 0 Å². The Labute approximate surface area is 97.1 Å². The van der Waals surface area contributed by atoms with Crippen LogP contribution < -0.4 is 0 Å². The van der Waals surface area contributed by atoms with Gasteiger partial charge < -0.3 is 4.74 Å². The molecule has 0 amide bonds. The lowest BCUT2D eigenvalue weighted by molar-refractivity contribution is -0.385. The molecule has 1 aromatic carbocycles. The molecule has 0 radical (unpaired) electrons. The Bertz CT molecular complexity index is 445. The van der Waals surface area contributed by atoms with Crippen LogP contribution in [0.5, 0.6) is 0 Å². The van der Waals surface area contributed by atoms with Gasteiger partial charge in [-0.2, -0.15) is 0 Å². The van der Waals surface area contributed by atoms with Gasteiger partial charge in [0, 0.05) is 10.6 Å². The fourth-order valence-corrected chi connectivity index (χ4v) is 1.62. The second kappa shape index (κ2) is 4.94. The summed E-state index contributed by atoms with van der Waals surface area (Å²) in [4.78, 5) is 21.7. The SMILES string of the molecule is CCOC(=O)c1cc(Cl)cc(C)c1[N+](=O)[O-]. The summed E-state index contributed by atoms with van der Waals surface area (Å²) in [5.74, 6) is -0.736. The minimum atomic E-state index is -0.736. The Hall–Kier alpha value is -1.62. The van der Waals surface area contributed by atoms with E-state index in [1.165, 1.54) is 19.1 Å². The molecule has 0 aliphatic rings. The van der Waals surface area contributed by atoms with Crippen molar-refractivity contribution in [2.24, 2.45) is 0 Å². The van der Waals surface area contributed by atoms with Gasteiger partial charge >= 0.3 is 5.97 Å². The Morgan fingerprint density at radius 3 is 2.69 bits per heavy atom. The number of carbonyl (C=O) groups excluding carboxylic acids is 1. The predicted octanol–water partition coefficient (Wildman–Crippen LogP) is 2.73. The number of hydrogen-bond donors (Lipinski definition) is 0. The molecule has 0 aliphatic heterocycles. The van der Waals surface area contributed by atoms with Gasteiger partial charge in [-0.15, -0.1) is 0 Å². The van der Waals surface area contributed by atoms with Crippen molar-refractivity contribution in [2.45, 2.75) is 13.8 Å². The van der Waals surface area contributed by atoms with Crippen molar-refractivity contribution in [1.29, 1.82) is 0 Å². The summed E-state index contributed by atoms with van der Waals surface area (Å²) in [7, 11) is 0. The highest BCUT2D eigenvalue weighted by Crippen LogP contribution is 2.28. The van der Waals surface area contributed by atoms with Crippen molar-refractivity contribution in [1.82, 2.24) is 0 Å². The largest absolute Gasteiger partial charge is 0.462 e. The molecule has 0 atom stereocenters. The molecule has 1 rings (SSSR count). The summed E-state index contributed by atoms with van der Waals surface area (Å²) in [6.07, 6.45) is 0. The molecule has 0 saturated heterocycles. The van der Waals surface area contributed by atoms with Gasteiger partial charge in [0.25, 0.3) is 5.69 Å². The van der Waals surface area contributed by atoms with Gasteiger partial charge in [0.1, 0.15) is 5.56 Å². The standard InChI is InChI=1S/C10H10ClNO4/c1-3-16-10(13)8-5-7(11)4-6(2)9(8)12(14)15/h4-5H,3H2,1-2H3. The van der Waals surface area contributed by atoms with Crippen LogP contribution in [0.1, 0.15) is 22.8 Å². The maximum Gasteiger partial charge on any atom is 0.345 e. The first kappa shape index (κ1) is 12.4. The highest BCUT2D eigenvalue weighted by molar-refractivity contribution is 6.31. The molecule has 5 nitrogen and oxygen atoms in total. The minimum absolute atomic E-state index is 0.114. The molecule has 6 heteroatoms. The van der Waals surface area contributed by atoms with Gasteiger partial charge in [0.2, 0.25) is 0 Å². The number of benzene rings is 1. The summed E-state index contributed by atoms with van der Waals surface area (Å²) < 4.78 is 4.73. The molecule has 0 fully saturated rings. The summed E-state index contributed by atoms with van der Waals surface area (Å²) in [6.45, 7) is 3.30. The molecule has 0 unspecified atom stereocenters. The zero-order chi connectivity index (χ0) is 12.3. The lowest BCUT2D eigenvalue weighted by Gasteiger charge is -2.05. The van der Waals surface area contributed by atoms with Crippen molar-refractivity contribution in [3.63, 3.8) is 0 Å². The lowest BCUT2D eigenvalue weighted by atomic mass is 10.1. The molecule has 0 N–H and O–H groups in total. The van der Waals surface area contributed by atoms with Crippen LogP contribution in [0.25, 0.3) is 0 Å². The van der Waals surface area contributed by atoms with Crippen LogP contribution >= 0.6 is 11.6 Å². The van der Waals surface area contributed by atoms with E-state index in [0.29, 0.717) is 5.56 Å². The molecular weight excluding hydrogens is 234 g/mol. The molecule has 0 aromatic heterocycles. The average molecular weight is 244 g/mol. The number of ether oxygens (including phenoxy) is 1. The number of nitro benzene ring substituents is 1. The number of halogens is 1. The molecule has 0 spiro atoms. The quantitative estimate of drug-likeness (QED) is 0.465. The molecule has 0 bridgehead atoms. The van der Waals surface area contributed by atoms with Crippen LogP contribution in [0, 0.1) is 17.0 Å². The van der Waals surface area contributed by atoms with E-state index >= 15 is 0 Å². The summed E-state index contributed by atoms with van der Waals surface area (Å²) in [5.41, 5.74) is -0.0414. The van der Waals surface area contributed by atoms with E-state index in [-0.39, 0.29) is 22.9 Å². The van der Waals surface area contributed by atoms with Crippen LogP contribution in [0.3, 0.4) is 0 Å². The second-order valence-electron chi connectivity index (χ2n) is 3.10. The van der Waals surface area contributed by atoms with Crippen LogP contribution in [-0.2, 0) is 4.74 Å². The van der Waals surface area contributed by atoms with E-state index in [4.69, 9.17) is 16.3 Å².